The van der Waals surface area contributed by atoms with Crippen molar-refractivity contribution in [3.05, 3.63) is 43.1 Å². The Kier molecular flexibility index (Phi) is 5.08. The van der Waals surface area contributed by atoms with E-state index in [1.54, 1.807) is 0 Å². The van der Waals surface area contributed by atoms with Crippen LogP contribution in [0, 0.1) is 0 Å². The average Bonchev–Trinajstić information content (AvgIpc) is 2.82. The van der Waals surface area contributed by atoms with Crippen LogP contribution in [-0.4, -0.2) is 11.2 Å². The summed E-state index contributed by atoms with van der Waals surface area (Å²) in [7, 11) is 0. The van der Waals surface area contributed by atoms with E-state index in [0.29, 0.717) is 0 Å². The SMILES string of the molecule is C=CCCCCCn1ccc2cc(OCC)ccc21. The van der Waals surface area contributed by atoms with Gasteiger partial charge in [-0.1, -0.05) is 12.5 Å². The number of nitrogens with zero attached hydrogens (tertiary/aromatic N) is 1. The highest BCUT2D eigenvalue weighted by Crippen LogP contribution is 2.22. The molecule has 2 heteroatoms. The normalized spacial score (nSPS) is 10.8. The molecule has 19 heavy (non-hydrogen) atoms. The predicted molar refractivity (Wildman–Crippen MR) is 81.8 cm³/mol. The van der Waals surface area contributed by atoms with Crippen LogP contribution < -0.4 is 4.74 Å². The summed E-state index contributed by atoms with van der Waals surface area (Å²) >= 11 is 0. The Morgan fingerprint density at radius 1 is 1.21 bits per heavy atom. The van der Waals surface area contributed by atoms with Crippen molar-refractivity contribution in [3.8, 4) is 5.75 Å². The molecule has 2 rings (SSSR count). The summed E-state index contributed by atoms with van der Waals surface area (Å²) < 4.78 is 7.86. The van der Waals surface area contributed by atoms with E-state index >= 15 is 0 Å². The van der Waals surface area contributed by atoms with Crippen LogP contribution in [0.4, 0.5) is 0 Å². The van der Waals surface area contributed by atoms with E-state index in [2.05, 4.69) is 41.6 Å². The number of rotatable bonds is 8. The zero-order valence-corrected chi connectivity index (χ0v) is 11.8. The van der Waals surface area contributed by atoms with Gasteiger partial charge >= 0.3 is 0 Å². The third-order valence-electron chi connectivity index (χ3n) is 3.36. The minimum absolute atomic E-state index is 0.718. The second kappa shape index (κ2) is 7.03. The topological polar surface area (TPSA) is 14.2 Å². The van der Waals surface area contributed by atoms with Gasteiger partial charge in [-0.05, 0) is 50.5 Å². The number of fused-ring (bicyclic) bond motifs is 1. The van der Waals surface area contributed by atoms with Crippen LogP contribution in [0.1, 0.15) is 32.6 Å². The minimum Gasteiger partial charge on any atom is -0.494 e. The summed E-state index contributed by atoms with van der Waals surface area (Å²) in [6, 6.07) is 8.50. The molecule has 0 amide bonds. The van der Waals surface area contributed by atoms with Gasteiger partial charge in [-0.2, -0.15) is 0 Å². The lowest BCUT2D eigenvalue weighted by Crippen LogP contribution is -1.96. The number of benzene rings is 1. The van der Waals surface area contributed by atoms with Gasteiger partial charge in [-0.25, -0.2) is 0 Å². The molecule has 0 saturated carbocycles. The van der Waals surface area contributed by atoms with Gasteiger partial charge in [0.25, 0.3) is 0 Å². The molecule has 0 aliphatic carbocycles. The van der Waals surface area contributed by atoms with Crippen molar-refractivity contribution in [1.82, 2.24) is 4.57 Å². The van der Waals surface area contributed by atoms with Crippen molar-refractivity contribution in [2.45, 2.75) is 39.2 Å². The van der Waals surface area contributed by atoms with Crippen molar-refractivity contribution >= 4 is 10.9 Å². The number of hydrogen-bond donors (Lipinski definition) is 0. The van der Waals surface area contributed by atoms with E-state index in [1.165, 1.54) is 30.2 Å². The Morgan fingerprint density at radius 2 is 2.11 bits per heavy atom. The summed E-state index contributed by atoms with van der Waals surface area (Å²) in [5.74, 6) is 0.957. The third-order valence-corrected chi connectivity index (χ3v) is 3.36. The molecular weight excluding hydrogens is 234 g/mol. The van der Waals surface area contributed by atoms with Crippen LogP contribution in [-0.2, 0) is 6.54 Å². The van der Waals surface area contributed by atoms with Crippen LogP contribution >= 0.6 is 0 Å². The van der Waals surface area contributed by atoms with Crippen LogP contribution in [0.15, 0.2) is 43.1 Å². The molecule has 0 saturated heterocycles. The summed E-state index contributed by atoms with van der Waals surface area (Å²) in [6.07, 6.45) is 9.04. The molecule has 0 atom stereocenters. The van der Waals surface area contributed by atoms with Gasteiger partial charge in [-0.15, -0.1) is 6.58 Å². The van der Waals surface area contributed by atoms with E-state index in [4.69, 9.17) is 4.74 Å². The molecule has 0 bridgehead atoms. The number of unbranched alkanes of at least 4 members (excludes halogenated alkanes) is 3. The summed E-state index contributed by atoms with van der Waals surface area (Å²) in [6.45, 7) is 7.58. The maximum atomic E-state index is 5.53. The Balaban J connectivity index is 1.98. The van der Waals surface area contributed by atoms with Crippen molar-refractivity contribution in [2.75, 3.05) is 6.61 Å². The Bertz CT molecular complexity index is 527. The first kappa shape index (κ1) is 13.7. The molecule has 1 heterocycles. The van der Waals surface area contributed by atoms with Gasteiger partial charge in [-0.3, -0.25) is 0 Å². The molecule has 0 spiro atoms. The summed E-state index contributed by atoms with van der Waals surface area (Å²) in [5, 5.41) is 1.26. The maximum absolute atomic E-state index is 5.53. The number of aryl methyl sites for hydroxylation is 1. The van der Waals surface area contributed by atoms with Gasteiger partial charge in [0.2, 0.25) is 0 Å². The largest absolute Gasteiger partial charge is 0.494 e. The smallest absolute Gasteiger partial charge is 0.120 e. The second-order valence-corrected chi connectivity index (χ2v) is 4.80. The quantitative estimate of drug-likeness (QED) is 0.490. The first-order valence-electron chi connectivity index (χ1n) is 7.17. The maximum Gasteiger partial charge on any atom is 0.120 e. The highest BCUT2D eigenvalue weighted by atomic mass is 16.5. The van der Waals surface area contributed by atoms with Crippen LogP contribution in [0.25, 0.3) is 10.9 Å². The van der Waals surface area contributed by atoms with Crippen molar-refractivity contribution in [2.24, 2.45) is 0 Å². The molecule has 0 unspecified atom stereocenters. The van der Waals surface area contributed by atoms with E-state index in [-0.39, 0.29) is 0 Å². The molecule has 1 aromatic carbocycles. The average molecular weight is 257 g/mol. The lowest BCUT2D eigenvalue weighted by atomic mass is 10.2. The Morgan fingerprint density at radius 3 is 2.89 bits per heavy atom. The number of ether oxygens (including phenoxy) is 1. The zero-order valence-electron chi connectivity index (χ0n) is 11.8. The molecule has 0 N–H and O–H groups in total. The molecular formula is C17H23NO. The molecule has 2 nitrogen and oxygen atoms in total. The van der Waals surface area contributed by atoms with Gasteiger partial charge < -0.3 is 9.30 Å². The highest BCUT2D eigenvalue weighted by Gasteiger charge is 2.02. The first-order chi connectivity index (χ1) is 9.35. The number of allylic oxidation sites excluding steroid dienone is 1. The first-order valence-corrected chi connectivity index (χ1v) is 7.17. The van der Waals surface area contributed by atoms with E-state index in [0.717, 1.165) is 25.3 Å². The monoisotopic (exact) mass is 257 g/mol. The van der Waals surface area contributed by atoms with Gasteiger partial charge in [0, 0.05) is 23.6 Å². The van der Waals surface area contributed by atoms with Crippen molar-refractivity contribution in [1.29, 1.82) is 0 Å². The number of aromatic nitrogens is 1. The standard InChI is InChI=1S/C17H23NO/c1-3-5-6-7-8-12-18-13-11-15-14-16(19-4-2)9-10-17(15)18/h3,9-11,13-14H,1,4-8,12H2,2H3. The zero-order chi connectivity index (χ0) is 13.5. The molecule has 0 aliphatic rings. The van der Waals surface area contributed by atoms with Crippen LogP contribution in [0.3, 0.4) is 0 Å². The minimum atomic E-state index is 0.718. The van der Waals surface area contributed by atoms with Crippen molar-refractivity contribution in [3.63, 3.8) is 0 Å². The molecule has 0 fully saturated rings. The molecule has 2 aromatic rings. The van der Waals surface area contributed by atoms with Gasteiger partial charge in [0.1, 0.15) is 5.75 Å². The fraction of sp³-hybridized carbons (Fsp3) is 0.412. The molecule has 0 aliphatic heterocycles. The van der Waals surface area contributed by atoms with Crippen LogP contribution in [0.2, 0.25) is 0 Å². The van der Waals surface area contributed by atoms with Gasteiger partial charge in [0.15, 0.2) is 0 Å². The highest BCUT2D eigenvalue weighted by molar-refractivity contribution is 5.81. The summed E-state index contributed by atoms with van der Waals surface area (Å²) in [4.78, 5) is 0. The molecule has 102 valence electrons. The third kappa shape index (κ3) is 3.63. The van der Waals surface area contributed by atoms with Crippen molar-refractivity contribution < 1.29 is 4.74 Å². The number of hydrogen-bond acceptors (Lipinski definition) is 1. The molecule has 1 aromatic heterocycles. The lowest BCUT2D eigenvalue weighted by Gasteiger charge is -2.06. The Labute approximate surface area is 115 Å². The summed E-state index contributed by atoms with van der Waals surface area (Å²) in [5.41, 5.74) is 1.30. The van der Waals surface area contributed by atoms with E-state index in [1.807, 2.05) is 13.0 Å². The fourth-order valence-electron chi connectivity index (χ4n) is 2.38. The Hall–Kier alpha value is -1.70. The van der Waals surface area contributed by atoms with Gasteiger partial charge in [0.05, 0.1) is 6.61 Å². The predicted octanol–water partition coefficient (Wildman–Crippen LogP) is 4.79. The molecule has 0 radical (unpaired) electrons. The fourth-order valence-corrected chi connectivity index (χ4v) is 2.38. The second-order valence-electron chi connectivity index (χ2n) is 4.80. The van der Waals surface area contributed by atoms with E-state index < -0.39 is 0 Å². The van der Waals surface area contributed by atoms with E-state index in [9.17, 15) is 0 Å². The van der Waals surface area contributed by atoms with Crippen LogP contribution in [0.5, 0.6) is 5.75 Å². The lowest BCUT2D eigenvalue weighted by molar-refractivity contribution is 0.340.